The zero-order valence-corrected chi connectivity index (χ0v) is 10.8. The smallest absolute Gasteiger partial charge is 0.312 e. The lowest BCUT2D eigenvalue weighted by Gasteiger charge is -2.46. The number of carboxylic acid groups (broad SMARTS) is 1. The molecule has 4 nitrogen and oxygen atoms in total. The van der Waals surface area contributed by atoms with E-state index in [0.29, 0.717) is 38.9 Å². The number of ether oxygens (including phenoxy) is 1. The van der Waals surface area contributed by atoms with Crippen LogP contribution in [0.1, 0.15) is 32.1 Å². The molecule has 2 aliphatic rings. The number of thioether (sulfide) groups is 1. The molecular formula is C12H20O4S. The molecular weight excluding hydrogens is 240 g/mol. The van der Waals surface area contributed by atoms with Crippen molar-refractivity contribution in [3.05, 3.63) is 0 Å². The quantitative estimate of drug-likeness (QED) is 0.788. The lowest BCUT2D eigenvalue weighted by atomic mass is 9.64. The van der Waals surface area contributed by atoms with E-state index in [2.05, 4.69) is 0 Å². The Bertz CT molecular complexity index is 278. The summed E-state index contributed by atoms with van der Waals surface area (Å²) in [6.07, 6.45) is 2.89. The SMILES string of the molecule is O=C(O)C1(C2(O)CCCOCC2)CCSCC1. The van der Waals surface area contributed by atoms with Gasteiger partial charge in [0, 0.05) is 19.6 Å². The van der Waals surface area contributed by atoms with Crippen LogP contribution in [0.3, 0.4) is 0 Å². The van der Waals surface area contributed by atoms with Crippen LogP contribution in [0.15, 0.2) is 0 Å². The van der Waals surface area contributed by atoms with Gasteiger partial charge < -0.3 is 14.9 Å². The lowest BCUT2D eigenvalue weighted by Crippen LogP contribution is -2.55. The molecule has 0 saturated carbocycles. The molecule has 2 aliphatic heterocycles. The summed E-state index contributed by atoms with van der Waals surface area (Å²) in [7, 11) is 0. The first kappa shape index (κ1) is 13.2. The molecule has 2 rings (SSSR count). The van der Waals surface area contributed by atoms with Crippen LogP contribution in [-0.4, -0.2) is 46.5 Å². The third-order valence-electron chi connectivity index (χ3n) is 4.19. The highest BCUT2D eigenvalue weighted by Crippen LogP contribution is 2.48. The van der Waals surface area contributed by atoms with Crippen molar-refractivity contribution in [2.24, 2.45) is 5.41 Å². The lowest BCUT2D eigenvalue weighted by molar-refractivity contribution is -0.174. The molecule has 0 aromatic carbocycles. The molecule has 0 aromatic heterocycles. The zero-order valence-electron chi connectivity index (χ0n) is 9.98. The molecule has 2 saturated heterocycles. The van der Waals surface area contributed by atoms with Gasteiger partial charge in [-0.15, -0.1) is 0 Å². The fraction of sp³-hybridized carbons (Fsp3) is 0.917. The summed E-state index contributed by atoms with van der Waals surface area (Å²) in [4.78, 5) is 11.7. The standard InChI is InChI=1S/C12H20O4S/c13-10(14)11(4-8-17-9-5-11)12(15)2-1-6-16-7-3-12/h15H,1-9H2,(H,13,14). The van der Waals surface area contributed by atoms with Crippen molar-refractivity contribution in [2.75, 3.05) is 24.7 Å². The molecule has 2 fully saturated rings. The largest absolute Gasteiger partial charge is 0.481 e. The van der Waals surface area contributed by atoms with Gasteiger partial charge in [0.1, 0.15) is 0 Å². The average molecular weight is 260 g/mol. The van der Waals surface area contributed by atoms with Gasteiger partial charge in [-0.2, -0.15) is 11.8 Å². The zero-order chi connectivity index (χ0) is 12.4. The molecule has 0 aromatic rings. The minimum Gasteiger partial charge on any atom is -0.481 e. The Kier molecular flexibility index (Phi) is 4.00. The van der Waals surface area contributed by atoms with Gasteiger partial charge in [0.25, 0.3) is 0 Å². The van der Waals surface area contributed by atoms with Crippen molar-refractivity contribution in [3.8, 4) is 0 Å². The fourth-order valence-corrected chi connectivity index (χ4v) is 4.20. The molecule has 1 unspecified atom stereocenters. The molecule has 0 aliphatic carbocycles. The number of aliphatic hydroxyl groups is 1. The Balaban J connectivity index is 2.26. The number of carboxylic acids is 1. The number of aliphatic carboxylic acids is 1. The maximum Gasteiger partial charge on any atom is 0.312 e. The Morgan fingerprint density at radius 1 is 1.12 bits per heavy atom. The summed E-state index contributed by atoms with van der Waals surface area (Å²) in [5.41, 5.74) is -2.04. The Hall–Kier alpha value is -0.260. The average Bonchev–Trinajstić information content (AvgIpc) is 2.56. The van der Waals surface area contributed by atoms with Gasteiger partial charge in [-0.3, -0.25) is 4.79 Å². The van der Waals surface area contributed by atoms with E-state index in [1.165, 1.54) is 0 Å². The Morgan fingerprint density at radius 3 is 2.47 bits per heavy atom. The first-order valence-electron chi connectivity index (χ1n) is 6.22. The van der Waals surface area contributed by atoms with E-state index in [9.17, 15) is 15.0 Å². The van der Waals surface area contributed by atoms with Crippen molar-refractivity contribution >= 4 is 17.7 Å². The first-order valence-corrected chi connectivity index (χ1v) is 7.37. The molecule has 2 N–H and O–H groups in total. The van der Waals surface area contributed by atoms with Crippen molar-refractivity contribution in [2.45, 2.75) is 37.7 Å². The third kappa shape index (κ3) is 2.33. The predicted octanol–water partition coefficient (Wildman–Crippen LogP) is 1.52. The first-order chi connectivity index (χ1) is 8.11. The Labute approximate surface area is 106 Å². The summed E-state index contributed by atoms with van der Waals surface area (Å²) in [6, 6.07) is 0. The van der Waals surface area contributed by atoms with Crippen molar-refractivity contribution in [3.63, 3.8) is 0 Å². The summed E-state index contributed by atoms with van der Waals surface area (Å²) in [6.45, 7) is 1.10. The molecule has 0 bridgehead atoms. The molecule has 0 spiro atoms. The molecule has 98 valence electrons. The summed E-state index contributed by atoms with van der Waals surface area (Å²) in [5.74, 6) is 0.826. The number of carbonyl (C=O) groups is 1. The van der Waals surface area contributed by atoms with Crippen LogP contribution in [0.25, 0.3) is 0 Å². The van der Waals surface area contributed by atoms with E-state index >= 15 is 0 Å². The van der Waals surface area contributed by atoms with Crippen molar-refractivity contribution in [1.82, 2.24) is 0 Å². The van der Waals surface area contributed by atoms with Crippen LogP contribution in [0, 0.1) is 5.41 Å². The highest BCUT2D eigenvalue weighted by molar-refractivity contribution is 7.99. The second-order valence-corrected chi connectivity index (χ2v) is 6.22. The van der Waals surface area contributed by atoms with Gasteiger partial charge in [-0.25, -0.2) is 0 Å². The fourth-order valence-electron chi connectivity index (χ4n) is 3.01. The van der Waals surface area contributed by atoms with Crippen LogP contribution in [0.5, 0.6) is 0 Å². The van der Waals surface area contributed by atoms with Gasteiger partial charge in [0.2, 0.25) is 0 Å². The van der Waals surface area contributed by atoms with Crippen molar-refractivity contribution < 1.29 is 19.7 Å². The summed E-state index contributed by atoms with van der Waals surface area (Å²) in [5, 5.41) is 20.4. The Morgan fingerprint density at radius 2 is 1.82 bits per heavy atom. The molecule has 0 amide bonds. The molecule has 0 radical (unpaired) electrons. The summed E-state index contributed by atoms with van der Waals surface area (Å²) < 4.78 is 5.35. The van der Waals surface area contributed by atoms with E-state index in [4.69, 9.17) is 4.74 Å². The number of hydrogen-bond donors (Lipinski definition) is 2. The van der Waals surface area contributed by atoms with E-state index in [1.54, 1.807) is 11.8 Å². The van der Waals surface area contributed by atoms with Gasteiger partial charge in [-0.05, 0) is 37.2 Å². The maximum atomic E-state index is 11.7. The molecule has 17 heavy (non-hydrogen) atoms. The second-order valence-electron chi connectivity index (χ2n) is 5.00. The second kappa shape index (κ2) is 5.16. The van der Waals surface area contributed by atoms with Gasteiger partial charge in [0.05, 0.1) is 11.0 Å². The molecule has 1 atom stereocenters. The minimum absolute atomic E-state index is 0.448. The summed E-state index contributed by atoms with van der Waals surface area (Å²) >= 11 is 1.78. The normalized spacial score (nSPS) is 33.9. The van der Waals surface area contributed by atoms with Crippen LogP contribution < -0.4 is 0 Å². The van der Waals surface area contributed by atoms with E-state index in [0.717, 1.165) is 17.9 Å². The molecule has 5 heteroatoms. The monoisotopic (exact) mass is 260 g/mol. The van der Waals surface area contributed by atoms with Gasteiger partial charge in [0.15, 0.2) is 0 Å². The van der Waals surface area contributed by atoms with Crippen molar-refractivity contribution in [1.29, 1.82) is 0 Å². The number of hydrogen-bond acceptors (Lipinski definition) is 4. The van der Waals surface area contributed by atoms with Gasteiger partial charge >= 0.3 is 5.97 Å². The van der Waals surface area contributed by atoms with Crippen LogP contribution in [0.4, 0.5) is 0 Å². The van der Waals surface area contributed by atoms with E-state index in [-0.39, 0.29) is 0 Å². The highest BCUT2D eigenvalue weighted by Gasteiger charge is 2.55. The minimum atomic E-state index is -1.09. The van der Waals surface area contributed by atoms with E-state index in [1.807, 2.05) is 0 Å². The maximum absolute atomic E-state index is 11.7. The number of rotatable bonds is 2. The highest BCUT2D eigenvalue weighted by atomic mass is 32.2. The molecule has 2 heterocycles. The van der Waals surface area contributed by atoms with E-state index < -0.39 is 17.0 Å². The van der Waals surface area contributed by atoms with Crippen LogP contribution in [-0.2, 0) is 9.53 Å². The van der Waals surface area contributed by atoms with Crippen LogP contribution >= 0.6 is 11.8 Å². The predicted molar refractivity (Wildman–Crippen MR) is 66.2 cm³/mol. The third-order valence-corrected chi connectivity index (χ3v) is 5.17. The van der Waals surface area contributed by atoms with Crippen LogP contribution in [0.2, 0.25) is 0 Å². The topological polar surface area (TPSA) is 66.8 Å². The van der Waals surface area contributed by atoms with Gasteiger partial charge in [-0.1, -0.05) is 0 Å².